The number of unbranched alkanes of at least 4 members (excludes halogenated alkanes) is 3. The third-order valence-corrected chi connectivity index (χ3v) is 6.55. The van der Waals surface area contributed by atoms with E-state index in [2.05, 4.69) is 17.0 Å². The second-order valence-electron chi connectivity index (χ2n) is 10.4. The summed E-state index contributed by atoms with van der Waals surface area (Å²) in [5.41, 5.74) is 2.03. The minimum atomic E-state index is -4.98. The van der Waals surface area contributed by atoms with Crippen LogP contribution in [0.1, 0.15) is 43.0 Å². The molecule has 1 heterocycles. The molecule has 0 radical (unpaired) electrons. The predicted molar refractivity (Wildman–Crippen MR) is 147 cm³/mol. The molecule has 1 N–H and O–H groups in total. The highest BCUT2D eigenvalue weighted by Crippen LogP contribution is 2.30. The van der Waals surface area contributed by atoms with Crippen LogP contribution in [-0.4, -0.2) is 45.3 Å². The lowest BCUT2D eigenvalue weighted by molar-refractivity contribution is -0.275. The molecule has 220 valence electrons. The topological polar surface area (TPSA) is 66.0 Å². The molecule has 3 aromatic carbocycles. The van der Waals surface area contributed by atoms with Crippen LogP contribution in [0.15, 0.2) is 66.7 Å². The van der Waals surface area contributed by atoms with Gasteiger partial charge in [-0.15, -0.1) is 13.2 Å². The largest absolute Gasteiger partial charge is 0.573 e. The highest BCUT2D eigenvalue weighted by Gasteiger charge is 2.33. The van der Waals surface area contributed by atoms with E-state index in [1.807, 2.05) is 0 Å². The van der Waals surface area contributed by atoms with E-state index in [4.69, 9.17) is 14.2 Å². The first-order valence-corrected chi connectivity index (χ1v) is 13.5. The van der Waals surface area contributed by atoms with Gasteiger partial charge in [-0.05, 0) is 78.9 Å². The molecule has 0 bridgehead atoms. The number of halogens is 4. The summed E-state index contributed by atoms with van der Waals surface area (Å²) in [4.78, 5) is 12.6. The lowest BCUT2D eigenvalue weighted by Gasteiger charge is -2.37. The van der Waals surface area contributed by atoms with Gasteiger partial charge in [0.25, 0.3) is 5.91 Å². The van der Waals surface area contributed by atoms with Gasteiger partial charge in [-0.2, -0.15) is 0 Å². The Hall–Kier alpha value is -3.63. The van der Waals surface area contributed by atoms with Gasteiger partial charge in [0.05, 0.1) is 26.4 Å². The second-order valence-corrected chi connectivity index (χ2v) is 10.4. The van der Waals surface area contributed by atoms with Crippen LogP contribution in [0.2, 0.25) is 0 Å². The second kappa shape index (κ2) is 13.8. The van der Waals surface area contributed by atoms with Crippen molar-refractivity contribution in [2.45, 2.75) is 39.0 Å². The SMILES string of the molecule is CC1(COCCCCCCOc2ccc(NC(=O)c3ccc(-c4ccc(OC(F)(F)F)c(F)c4)cc3)cc2)COC1. The number of amides is 1. The first kappa shape index (κ1) is 30.3. The Bertz CT molecular complexity index is 1280. The van der Waals surface area contributed by atoms with E-state index in [1.54, 1.807) is 48.5 Å². The molecule has 0 aromatic heterocycles. The maximum atomic E-state index is 14.0. The van der Waals surface area contributed by atoms with Crippen LogP contribution in [0.25, 0.3) is 11.1 Å². The molecule has 1 amide bonds. The van der Waals surface area contributed by atoms with Crippen LogP contribution < -0.4 is 14.8 Å². The van der Waals surface area contributed by atoms with Crippen LogP contribution in [-0.2, 0) is 9.47 Å². The Morgan fingerprint density at radius 2 is 1.56 bits per heavy atom. The highest BCUT2D eigenvalue weighted by atomic mass is 19.4. The summed E-state index contributed by atoms with van der Waals surface area (Å²) < 4.78 is 71.5. The molecule has 6 nitrogen and oxygen atoms in total. The van der Waals surface area contributed by atoms with Gasteiger partial charge in [0.1, 0.15) is 5.75 Å². The van der Waals surface area contributed by atoms with Crippen LogP contribution in [0.5, 0.6) is 11.5 Å². The van der Waals surface area contributed by atoms with E-state index < -0.39 is 17.9 Å². The van der Waals surface area contributed by atoms with Crippen molar-refractivity contribution in [2.24, 2.45) is 5.41 Å². The number of benzene rings is 3. The fourth-order valence-electron chi connectivity index (χ4n) is 4.24. The van der Waals surface area contributed by atoms with E-state index in [9.17, 15) is 22.4 Å². The number of ether oxygens (including phenoxy) is 4. The zero-order chi connectivity index (χ0) is 29.3. The van der Waals surface area contributed by atoms with Gasteiger partial charge in [-0.25, -0.2) is 4.39 Å². The summed E-state index contributed by atoms with van der Waals surface area (Å²) in [5.74, 6) is -1.68. The minimum Gasteiger partial charge on any atom is -0.494 e. The van der Waals surface area contributed by atoms with E-state index in [-0.39, 0.29) is 11.3 Å². The van der Waals surface area contributed by atoms with Gasteiger partial charge in [-0.3, -0.25) is 4.79 Å². The fraction of sp³-hybridized carbons (Fsp3) is 0.387. The lowest BCUT2D eigenvalue weighted by Crippen LogP contribution is -2.43. The van der Waals surface area contributed by atoms with Crippen molar-refractivity contribution < 1.29 is 41.3 Å². The van der Waals surface area contributed by atoms with Crippen molar-refractivity contribution in [3.8, 4) is 22.6 Å². The summed E-state index contributed by atoms with van der Waals surface area (Å²) >= 11 is 0. The predicted octanol–water partition coefficient (Wildman–Crippen LogP) is 7.64. The highest BCUT2D eigenvalue weighted by molar-refractivity contribution is 6.04. The molecule has 0 atom stereocenters. The smallest absolute Gasteiger partial charge is 0.494 e. The molecule has 1 fully saturated rings. The Kier molecular flexibility index (Phi) is 10.2. The molecule has 10 heteroatoms. The van der Waals surface area contributed by atoms with Gasteiger partial charge in [-0.1, -0.05) is 31.5 Å². The Morgan fingerprint density at radius 3 is 2.17 bits per heavy atom. The molecule has 0 aliphatic carbocycles. The van der Waals surface area contributed by atoms with E-state index in [0.717, 1.165) is 64.2 Å². The molecule has 0 saturated carbocycles. The number of alkyl halides is 3. The van der Waals surface area contributed by atoms with Gasteiger partial charge in [0, 0.05) is 23.3 Å². The van der Waals surface area contributed by atoms with Crippen molar-refractivity contribution in [2.75, 3.05) is 38.4 Å². The summed E-state index contributed by atoms with van der Waals surface area (Å²) in [6, 6.07) is 16.5. The normalized spacial score (nSPS) is 14.3. The zero-order valence-electron chi connectivity index (χ0n) is 22.8. The zero-order valence-corrected chi connectivity index (χ0v) is 22.8. The number of rotatable bonds is 14. The third-order valence-electron chi connectivity index (χ3n) is 6.55. The van der Waals surface area contributed by atoms with Crippen molar-refractivity contribution in [3.63, 3.8) is 0 Å². The summed E-state index contributed by atoms with van der Waals surface area (Å²) in [5, 5.41) is 2.80. The molecule has 1 saturated heterocycles. The van der Waals surface area contributed by atoms with Crippen molar-refractivity contribution >= 4 is 11.6 Å². The van der Waals surface area contributed by atoms with Crippen molar-refractivity contribution in [1.29, 1.82) is 0 Å². The number of nitrogens with one attached hydrogen (secondary N) is 1. The standard InChI is InChI=1S/C31H33F4NO5/c1-30(20-39-21-30)19-38-16-4-2-3-5-17-40-26-13-11-25(12-14-26)36-29(37)23-8-6-22(7-9-23)24-10-15-28(27(32)18-24)41-31(33,34)35/h6-15,18H,2-5,16-17,19-21H2,1H3,(H,36,37). The Labute approximate surface area is 236 Å². The first-order chi connectivity index (χ1) is 19.6. The minimum absolute atomic E-state index is 0.195. The Balaban J connectivity index is 1.16. The molecular formula is C31H33F4NO5. The summed E-state index contributed by atoms with van der Waals surface area (Å²) in [7, 11) is 0. The summed E-state index contributed by atoms with van der Waals surface area (Å²) in [6.45, 7) is 5.87. The maximum absolute atomic E-state index is 14.0. The quantitative estimate of drug-likeness (QED) is 0.158. The number of carbonyl (C=O) groups excluding carboxylic acids is 1. The lowest BCUT2D eigenvalue weighted by atomic mass is 9.90. The number of hydrogen-bond acceptors (Lipinski definition) is 5. The molecule has 0 unspecified atom stereocenters. The van der Waals surface area contributed by atoms with E-state index in [0.29, 0.717) is 34.7 Å². The van der Waals surface area contributed by atoms with Gasteiger partial charge in [0.2, 0.25) is 0 Å². The van der Waals surface area contributed by atoms with Gasteiger partial charge < -0.3 is 24.3 Å². The maximum Gasteiger partial charge on any atom is 0.573 e. The molecule has 0 spiro atoms. The van der Waals surface area contributed by atoms with Crippen LogP contribution in [0.3, 0.4) is 0 Å². The average Bonchev–Trinajstić information content (AvgIpc) is 2.92. The summed E-state index contributed by atoms with van der Waals surface area (Å²) in [6.07, 6.45) is -0.865. The molecular weight excluding hydrogens is 542 g/mol. The molecule has 1 aliphatic heterocycles. The van der Waals surface area contributed by atoms with Crippen LogP contribution in [0.4, 0.5) is 23.2 Å². The van der Waals surface area contributed by atoms with Gasteiger partial charge in [0.15, 0.2) is 11.6 Å². The molecule has 4 rings (SSSR count). The van der Waals surface area contributed by atoms with Crippen molar-refractivity contribution in [1.82, 2.24) is 0 Å². The number of anilines is 1. The first-order valence-electron chi connectivity index (χ1n) is 13.5. The molecule has 3 aromatic rings. The monoisotopic (exact) mass is 575 g/mol. The van der Waals surface area contributed by atoms with E-state index >= 15 is 0 Å². The number of hydrogen-bond donors (Lipinski definition) is 1. The van der Waals surface area contributed by atoms with E-state index in [1.165, 1.54) is 6.07 Å². The third kappa shape index (κ3) is 9.47. The molecule has 41 heavy (non-hydrogen) atoms. The van der Waals surface area contributed by atoms with Crippen LogP contribution in [0, 0.1) is 11.2 Å². The fourth-order valence-corrected chi connectivity index (χ4v) is 4.24. The van der Waals surface area contributed by atoms with Crippen molar-refractivity contribution in [3.05, 3.63) is 78.1 Å². The molecule has 1 aliphatic rings. The average molecular weight is 576 g/mol. The van der Waals surface area contributed by atoms with Crippen LogP contribution >= 0.6 is 0 Å². The number of carbonyl (C=O) groups is 1. The van der Waals surface area contributed by atoms with Gasteiger partial charge >= 0.3 is 6.36 Å². The Morgan fingerprint density at radius 1 is 0.902 bits per heavy atom.